The van der Waals surface area contributed by atoms with Gasteiger partial charge in [0.2, 0.25) is 11.8 Å². The Hall–Kier alpha value is -1.25. The molecule has 9 nitrogen and oxygen atoms in total. The zero-order chi connectivity index (χ0) is 14.6. The number of amides is 2. The first-order valence-electron chi connectivity index (χ1n) is 5.45. The molecule has 10 heteroatoms. The van der Waals surface area contributed by atoms with Crippen molar-refractivity contribution in [1.82, 2.24) is 4.90 Å². The first-order chi connectivity index (χ1) is 8.70. The molecule has 2 amide bonds. The topological polar surface area (TPSA) is 156 Å². The van der Waals surface area contributed by atoms with Crippen LogP contribution in [0.2, 0.25) is 0 Å². The number of carbonyl (C=O) groups is 2. The average Bonchev–Trinajstić information content (AvgIpc) is 2.70. The standard InChI is InChI=1S/C9H16N3O6P/c10-6(3-4-7(11)13)9(14)12-5-1-2-8(12)18-19(15,16)17/h1-2,6,8H,3-5,10H2,(H2,11,13)(H2,15,16,17)/t6-,8?/m0/s1. The Balaban J connectivity index is 2.60. The summed E-state index contributed by atoms with van der Waals surface area (Å²) in [5.41, 5.74) is 10.5. The van der Waals surface area contributed by atoms with Crippen LogP contribution in [0.5, 0.6) is 0 Å². The molecule has 0 saturated carbocycles. The Morgan fingerprint density at radius 3 is 2.68 bits per heavy atom. The summed E-state index contributed by atoms with van der Waals surface area (Å²) >= 11 is 0. The lowest BCUT2D eigenvalue weighted by molar-refractivity contribution is -0.137. The molecule has 0 saturated heterocycles. The van der Waals surface area contributed by atoms with Crippen LogP contribution < -0.4 is 11.5 Å². The van der Waals surface area contributed by atoms with E-state index in [-0.39, 0.29) is 19.4 Å². The number of hydrogen-bond donors (Lipinski definition) is 4. The van der Waals surface area contributed by atoms with Crippen LogP contribution >= 0.6 is 7.82 Å². The summed E-state index contributed by atoms with van der Waals surface area (Å²) in [7, 11) is -4.71. The molecule has 108 valence electrons. The van der Waals surface area contributed by atoms with Gasteiger partial charge in [-0.25, -0.2) is 4.57 Å². The fourth-order valence-corrected chi connectivity index (χ4v) is 2.05. The molecule has 0 aromatic rings. The van der Waals surface area contributed by atoms with E-state index in [9.17, 15) is 14.2 Å². The van der Waals surface area contributed by atoms with Crippen molar-refractivity contribution >= 4 is 19.6 Å². The number of hydrogen-bond acceptors (Lipinski definition) is 5. The van der Waals surface area contributed by atoms with Crippen LogP contribution in [0, 0.1) is 0 Å². The second-order valence-corrected chi connectivity index (χ2v) is 5.21. The fourth-order valence-electron chi connectivity index (χ4n) is 1.58. The zero-order valence-electron chi connectivity index (χ0n) is 10.0. The van der Waals surface area contributed by atoms with Crippen LogP contribution in [-0.4, -0.2) is 45.3 Å². The maximum absolute atomic E-state index is 11.9. The van der Waals surface area contributed by atoms with Gasteiger partial charge in [0.05, 0.1) is 6.04 Å². The first kappa shape index (κ1) is 15.8. The molecule has 0 aromatic heterocycles. The highest BCUT2D eigenvalue weighted by Crippen LogP contribution is 2.39. The molecule has 0 fully saturated rings. The van der Waals surface area contributed by atoms with Crippen LogP contribution in [-0.2, 0) is 18.7 Å². The Bertz CT molecular complexity index is 434. The van der Waals surface area contributed by atoms with Crippen LogP contribution in [0.1, 0.15) is 12.8 Å². The maximum Gasteiger partial charge on any atom is 0.471 e. The predicted octanol–water partition coefficient (Wildman–Crippen LogP) is -1.59. The number of phosphoric ester groups is 1. The molecule has 0 spiro atoms. The van der Waals surface area contributed by atoms with Gasteiger partial charge in [0.25, 0.3) is 0 Å². The van der Waals surface area contributed by atoms with Crippen molar-refractivity contribution in [2.24, 2.45) is 11.5 Å². The fraction of sp³-hybridized carbons (Fsp3) is 0.556. The highest BCUT2D eigenvalue weighted by atomic mass is 31.2. The molecule has 1 aliphatic rings. The van der Waals surface area contributed by atoms with Crippen molar-refractivity contribution < 1.29 is 28.5 Å². The second-order valence-electron chi connectivity index (χ2n) is 4.02. The second kappa shape index (κ2) is 6.27. The molecule has 0 aliphatic carbocycles. The summed E-state index contributed by atoms with van der Waals surface area (Å²) in [5, 5.41) is 0. The average molecular weight is 293 g/mol. The quantitative estimate of drug-likeness (QED) is 0.340. The molecule has 0 radical (unpaired) electrons. The van der Waals surface area contributed by atoms with Gasteiger partial charge >= 0.3 is 7.82 Å². The van der Waals surface area contributed by atoms with Gasteiger partial charge in [0.1, 0.15) is 0 Å². The van der Waals surface area contributed by atoms with Crippen molar-refractivity contribution in [2.45, 2.75) is 25.1 Å². The molecule has 0 bridgehead atoms. The summed E-state index contributed by atoms with van der Waals surface area (Å²) in [4.78, 5) is 41.0. The zero-order valence-corrected chi connectivity index (χ0v) is 10.9. The number of nitrogens with two attached hydrogens (primary N) is 2. The van der Waals surface area contributed by atoms with E-state index < -0.39 is 31.9 Å². The molecule has 1 unspecified atom stereocenters. The van der Waals surface area contributed by atoms with E-state index in [2.05, 4.69) is 4.52 Å². The van der Waals surface area contributed by atoms with Gasteiger partial charge in [-0.15, -0.1) is 0 Å². The largest absolute Gasteiger partial charge is 0.471 e. The number of phosphoric acid groups is 1. The summed E-state index contributed by atoms with van der Waals surface area (Å²) < 4.78 is 15.2. The van der Waals surface area contributed by atoms with E-state index in [1.54, 1.807) is 0 Å². The lowest BCUT2D eigenvalue weighted by Crippen LogP contribution is -2.47. The highest BCUT2D eigenvalue weighted by molar-refractivity contribution is 7.46. The third-order valence-electron chi connectivity index (χ3n) is 2.46. The van der Waals surface area contributed by atoms with Gasteiger partial charge in [-0.05, 0) is 12.5 Å². The smallest absolute Gasteiger partial charge is 0.370 e. The van der Waals surface area contributed by atoms with Crippen molar-refractivity contribution in [3.8, 4) is 0 Å². The lowest BCUT2D eigenvalue weighted by atomic mass is 10.1. The Morgan fingerprint density at radius 2 is 2.16 bits per heavy atom. The summed E-state index contributed by atoms with van der Waals surface area (Å²) in [6, 6.07) is -0.977. The first-order valence-corrected chi connectivity index (χ1v) is 6.98. The minimum atomic E-state index is -4.71. The molecular formula is C9H16N3O6P. The van der Waals surface area contributed by atoms with E-state index in [0.717, 1.165) is 4.90 Å². The monoisotopic (exact) mass is 293 g/mol. The SMILES string of the molecule is NC(=O)CC[C@H](N)C(=O)N1CC=CC1OP(=O)(O)O. The van der Waals surface area contributed by atoms with Crippen LogP contribution in [0.3, 0.4) is 0 Å². The van der Waals surface area contributed by atoms with Gasteiger partial charge in [-0.3, -0.25) is 14.1 Å². The Labute approximate surface area is 109 Å². The van der Waals surface area contributed by atoms with Crippen LogP contribution in [0.15, 0.2) is 12.2 Å². The van der Waals surface area contributed by atoms with E-state index in [1.165, 1.54) is 12.2 Å². The molecule has 1 aliphatic heterocycles. The van der Waals surface area contributed by atoms with Crippen molar-refractivity contribution in [2.75, 3.05) is 6.54 Å². The molecule has 1 rings (SSSR count). The molecule has 6 N–H and O–H groups in total. The van der Waals surface area contributed by atoms with E-state index >= 15 is 0 Å². The maximum atomic E-state index is 11.9. The van der Waals surface area contributed by atoms with Crippen molar-refractivity contribution in [1.29, 1.82) is 0 Å². The summed E-state index contributed by atoms with van der Waals surface area (Å²) in [6.07, 6.45) is 1.73. The normalized spacial score (nSPS) is 20.6. The third kappa shape index (κ3) is 5.09. The van der Waals surface area contributed by atoms with Crippen molar-refractivity contribution in [3.05, 3.63) is 12.2 Å². The van der Waals surface area contributed by atoms with Gasteiger partial charge in [0, 0.05) is 13.0 Å². The van der Waals surface area contributed by atoms with E-state index in [0.29, 0.717) is 0 Å². The van der Waals surface area contributed by atoms with Gasteiger partial charge in [-0.1, -0.05) is 6.08 Å². The molecule has 19 heavy (non-hydrogen) atoms. The lowest BCUT2D eigenvalue weighted by Gasteiger charge is -2.27. The summed E-state index contributed by atoms with van der Waals surface area (Å²) in [5.74, 6) is -1.14. The third-order valence-corrected chi connectivity index (χ3v) is 2.95. The predicted molar refractivity (Wildman–Crippen MR) is 64.2 cm³/mol. The number of rotatable bonds is 6. The van der Waals surface area contributed by atoms with Crippen LogP contribution in [0.25, 0.3) is 0 Å². The van der Waals surface area contributed by atoms with Crippen LogP contribution in [0.4, 0.5) is 0 Å². The van der Waals surface area contributed by atoms with Crippen molar-refractivity contribution in [3.63, 3.8) is 0 Å². The molecule has 0 aromatic carbocycles. The summed E-state index contributed by atoms with van der Waals surface area (Å²) in [6.45, 7) is 0.133. The molecule has 1 heterocycles. The minimum Gasteiger partial charge on any atom is -0.370 e. The number of carbonyl (C=O) groups excluding carboxylic acids is 2. The van der Waals surface area contributed by atoms with Gasteiger partial charge in [-0.2, -0.15) is 0 Å². The van der Waals surface area contributed by atoms with E-state index in [1.807, 2.05) is 0 Å². The molecular weight excluding hydrogens is 277 g/mol. The Kier molecular flexibility index (Phi) is 5.21. The number of primary amides is 1. The molecule has 2 atom stereocenters. The van der Waals surface area contributed by atoms with E-state index in [4.69, 9.17) is 21.3 Å². The number of nitrogens with zero attached hydrogens (tertiary/aromatic N) is 1. The highest BCUT2D eigenvalue weighted by Gasteiger charge is 2.33. The van der Waals surface area contributed by atoms with Gasteiger partial charge in [0.15, 0.2) is 6.23 Å². The van der Waals surface area contributed by atoms with Gasteiger partial charge < -0.3 is 26.2 Å². The Morgan fingerprint density at radius 1 is 1.53 bits per heavy atom. The minimum absolute atomic E-state index is 0.0435.